The molecule has 3 aromatic rings. The minimum absolute atomic E-state index is 0.119. The SMILES string of the molecule is N/C(=N/[N+](=O)[O-])NCCC[C@@H](NC(=O)c1ccc2ccccc2c1)C(=O)NCc1ccc(O)cc1. The average molecular weight is 479 g/mol. The van der Waals surface area contributed by atoms with Gasteiger partial charge in [-0.1, -0.05) is 42.5 Å². The number of guanidine groups is 1. The fourth-order valence-electron chi connectivity index (χ4n) is 3.41. The fraction of sp³-hybridized carbons (Fsp3) is 0.208. The lowest BCUT2D eigenvalue weighted by Gasteiger charge is -2.19. The summed E-state index contributed by atoms with van der Waals surface area (Å²) in [5, 5.41) is 31.9. The maximum Gasteiger partial charge on any atom is 0.266 e. The van der Waals surface area contributed by atoms with Crippen LogP contribution in [0.25, 0.3) is 10.8 Å². The van der Waals surface area contributed by atoms with E-state index in [-0.39, 0.29) is 37.1 Å². The minimum Gasteiger partial charge on any atom is -0.508 e. The summed E-state index contributed by atoms with van der Waals surface area (Å²) in [6, 6.07) is 18.5. The van der Waals surface area contributed by atoms with Crippen LogP contribution in [-0.2, 0) is 11.3 Å². The summed E-state index contributed by atoms with van der Waals surface area (Å²) in [5.74, 6) is -1.02. The molecule has 0 saturated carbocycles. The van der Waals surface area contributed by atoms with Gasteiger partial charge in [0.1, 0.15) is 16.9 Å². The Morgan fingerprint density at radius 1 is 1.03 bits per heavy atom. The van der Waals surface area contributed by atoms with E-state index < -0.39 is 17.0 Å². The van der Waals surface area contributed by atoms with Gasteiger partial charge in [0.05, 0.1) is 0 Å². The maximum atomic E-state index is 12.9. The second kappa shape index (κ2) is 12.0. The van der Waals surface area contributed by atoms with Crippen molar-refractivity contribution in [1.82, 2.24) is 16.0 Å². The Balaban J connectivity index is 1.66. The molecular weight excluding hydrogens is 452 g/mol. The predicted octanol–water partition coefficient (Wildman–Crippen LogP) is 1.84. The van der Waals surface area contributed by atoms with Crippen molar-refractivity contribution in [3.8, 4) is 5.75 Å². The maximum absolute atomic E-state index is 12.9. The molecule has 0 radical (unpaired) electrons. The molecule has 182 valence electrons. The van der Waals surface area contributed by atoms with Crippen LogP contribution in [0.15, 0.2) is 71.8 Å². The van der Waals surface area contributed by atoms with Gasteiger partial charge in [-0.2, -0.15) is 0 Å². The standard InChI is InChI=1S/C24H26N6O5/c25-24(29-30(34)35)26-13-3-6-21(23(33)27-15-16-7-11-20(31)12-8-16)28-22(32)19-10-9-17-4-1-2-5-18(17)14-19/h1-2,4-5,7-12,14,21,31H,3,6,13,15H2,(H,27,33)(H,28,32)(H3,25,26,29)/t21-/m1/s1. The third kappa shape index (κ3) is 7.70. The summed E-state index contributed by atoms with van der Waals surface area (Å²) >= 11 is 0. The number of hydrogen-bond donors (Lipinski definition) is 5. The molecule has 1 atom stereocenters. The lowest BCUT2D eigenvalue weighted by atomic mass is 10.1. The summed E-state index contributed by atoms with van der Waals surface area (Å²) in [7, 11) is 0. The number of nitrogens with one attached hydrogen (secondary N) is 3. The van der Waals surface area contributed by atoms with Gasteiger partial charge in [-0.3, -0.25) is 9.59 Å². The lowest BCUT2D eigenvalue weighted by Crippen LogP contribution is -2.47. The van der Waals surface area contributed by atoms with Crippen LogP contribution in [0.5, 0.6) is 5.75 Å². The molecule has 6 N–H and O–H groups in total. The number of aromatic hydroxyl groups is 1. The number of nitro groups is 1. The molecule has 0 spiro atoms. The zero-order valence-electron chi connectivity index (χ0n) is 18.8. The molecule has 0 aliphatic rings. The Morgan fingerprint density at radius 3 is 2.46 bits per heavy atom. The van der Waals surface area contributed by atoms with E-state index in [0.29, 0.717) is 12.0 Å². The normalized spacial score (nSPS) is 12.1. The number of carbonyl (C=O) groups is 2. The van der Waals surface area contributed by atoms with Crippen molar-refractivity contribution in [2.24, 2.45) is 10.8 Å². The van der Waals surface area contributed by atoms with Crippen LogP contribution in [0.2, 0.25) is 0 Å². The number of hydrogen-bond acceptors (Lipinski definition) is 5. The average Bonchev–Trinajstić information content (AvgIpc) is 2.84. The van der Waals surface area contributed by atoms with Crippen molar-refractivity contribution < 1.29 is 19.7 Å². The number of carbonyl (C=O) groups excluding carboxylic acids is 2. The van der Waals surface area contributed by atoms with Gasteiger partial charge < -0.3 is 26.8 Å². The smallest absolute Gasteiger partial charge is 0.266 e. The van der Waals surface area contributed by atoms with E-state index in [1.807, 2.05) is 30.3 Å². The van der Waals surface area contributed by atoms with Crippen molar-refractivity contribution in [2.45, 2.75) is 25.4 Å². The van der Waals surface area contributed by atoms with Gasteiger partial charge >= 0.3 is 0 Å². The molecule has 0 heterocycles. The van der Waals surface area contributed by atoms with Crippen LogP contribution in [-0.4, -0.2) is 40.5 Å². The Bertz CT molecular complexity index is 1230. The first kappa shape index (κ1) is 25.0. The highest BCUT2D eigenvalue weighted by Crippen LogP contribution is 2.16. The zero-order chi connectivity index (χ0) is 25.2. The van der Waals surface area contributed by atoms with Gasteiger partial charge in [0.25, 0.3) is 11.9 Å². The molecule has 11 nitrogen and oxygen atoms in total. The third-order valence-corrected chi connectivity index (χ3v) is 5.20. The van der Waals surface area contributed by atoms with Gasteiger partial charge in [0, 0.05) is 18.7 Å². The van der Waals surface area contributed by atoms with Crippen molar-refractivity contribution >= 4 is 28.5 Å². The highest BCUT2D eigenvalue weighted by Gasteiger charge is 2.21. The number of nitrogens with zero attached hydrogens (tertiary/aromatic N) is 2. The van der Waals surface area contributed by atoms with E-state index in [2.05, 4.69) is 21.1 Å². The number of hydrazone groups is 1. The number of nitrogens with two attached hydrogens (primary N) is 1. The Labute approximate surface area is 201 Å². The molecule has 0 saturated heterocycles. The van der Waals surface area contributed by atoms with E-state index in [0.717, 1.165) is 16.3 Å². The summed E-state index contributed by atoms with van der Waals surface area (Å²) in [4.78, 5) is 36.2. The Morgan fingerprint density at radius 2 is 1.74 bits per heavy atom. The van der Waals surface area contributed by atoms with Crippen LogP contribution in [0, 0.1) is 10.1 Å². The van der Waals surface area contributed by atoms with Crippen LogP contribution >= 0.6 is 0 Å². The molecule has 0 aliphatic heterocycles. The van der Waals surface area contributed by atoms with Crippen LogP contribution < -0.4 is 21.7 Å². The number of benzene rings is 3. The summed E-state index contributed by atoms with van der Waals surface area (Å²) in [6.45, 7) is 0.429. The first-order valence-corrected chi connectivity index (χ1v) is 10.9. The monoisotopic (exact) mass is 478 g/mol. The fourth-order valence-corrected chi connectivity index (χ4v) is 3.41. The van der Waals surface area contributed by atoms with E-state index in [4.69, 9.17) is 5.73 Å². The molecule has 3 rings (SSSR count). The summed E-state index contributed by atoms with van der Waals surface area (Å²) in [5.41, 5.74) is 6.60. The Hall–Kier alpha value is -4.67. The van der Waals surface area contributed by atoms with E-state index >= 15 is 0 Å². The van der Waals surface area contributed by atoms with Crippen LogP contribution in [0.1, 0.15) is 28.8 Å². The molecule has 0 unspecified atom stereocenters. The van der Waals surface area contributed by atoms with E-state index in [1.165, 1.54) is 12.1 Å². The van der Waals surface area contributed by atoms with Crippen molar-refractivity contribution in [3.05, 3.63) is 88.0 Å². The number of phenols is 1. The van der Waals surface area contributed by atoms with Gasteiger partial charge in [0.2, 0.25) is 5.91 Å². The molecule has 3 aromatic carbocycles. The number of rotatable bonds is 10. The predicted molar refractivity (Wildman–Crippen MR) is 131 cm³/mol. The molecule has 11 heteroatoms. The molecule has 0 bridgehead atoms. The van der Waals surface area contributed by atoms with Crippen molar-refractivity contribution in [1.29, 1.82) is 0 Å². The minimum atomic E-state index is -0.911. The zero-order valence-corrected chi connectivity index (χ0v) is 18.8. The number of phenolic OH excluding ortho intramolecular Hbond substituents is 1. The molecule has 35 heavy (non-hydrogen) atoms. The van der Waals surface area contributed by atoms with Crippen molar-refractivity contribution in [3.63, 3.8) is 0 Å². The first-order chi connectivity index (χ1) is 16.8. The number of amides is 2. The van der Waals surface area contributed by atoms with Crippen LogP contribution in [0.3, 0.4) is 0 Å². The first-order valence-electron chi connectivity index (χ1n) is 10.9. The molecular formula is C24H26N6O5. The lowest BCUT2D eigenvalue weighted by molar-refractivity contribution is -0.485. The highest BCUT2D eigenvalue weighted by atomic mass is 16.7. The van der Waals surface area contributed by atoms with Gasteiger partial charge in [-0.05, 0) is 53.4 Å². The largest absolute Gasteiger partial charge is 0.508 e. The van der Waals surface area contributed by atoms with E-state index in [9.17, 15) is 24.8 Å². The van der Waals surface area contributed by atoms with Crippen molar-refractivity contribution in [2.75, 3.05) is 6.54 Å². The Kier molecular flexibility index (Phi) is 8.54. The molecule has 0 aliphatic carbocycles. The molecule has 0 aromatic heterocycles. The van der Waals surface area contributed by atoms with E-state index in [1.54, 1.807) is 24.3 Å². The molecule has 2 amide bonds. The quantitative estimate of drug-likeness (QED) is 0.0972. The summed E-state index contributed by atoms with van der Waals surface area (Å²) in [6.07, 6.45) is 0.628. The third-order valence-electron chi connectivity index (χ3n) is 5.20. The second-order valence-corrected chi connectivity index (χ2v) is 7.76. The van der Waals surface area contributed by atoms with Crippen LogP contribution in [0.4, 0.5) is 0 Å². The second-order valence-electron chi connectivity index (χ2n) is 7.76. The highest BCUT2D eigenvalue weighted by molar-refractivity contribution is 6.00. The topological polar surface area (TPSA) is 172 Å². The number of fused-ring (bicyclic) bond motifs is 1. The van der Waals surface area contributed by atoms with Gasteiger partial charge in [-0.15, -0.1) is 0 Å². The van der Waals surface area contributed by atoms with Gasteiger partial charge in [0.15, 0.2) is 5.03 Å². The van der Waals surface area contributed by atoms with Gasteiger partial charge in [-0.25, -0.2) is 10.1 Å². The molecule has 0 fully saturated rings. The summed E-state index contributed by atoms with van der Waals surface area (Å²) < 4.78 is 0.